The standard InChI is InChI=1S/C32H36FN5O5S/c1-31(2)22-7-5-4-6-20(22)21-10-18(8-9-23(21)31)29(41)36-13-27(40)38-16-32(33,17-43-3)12-25(38)30(42)37-24(14-39)26-11-19(15-44-26)28(34)35/h4-11,15,24-25,39H,12-14,16-17H2,1-3H3,(H3,34,35)(H,36,41)(H,37,42)/t24-,25+,32-/m1/s1. The van der Waals surface area contributed by atoms with Crippen molar-refractivity contribution < 1.29 is 28.6 Å². The number of fused-ring (bicyclic) bond motifs is 3. The molecule has 2 heterocycles. The van der Waals surface area contributed by atoms with Crippen molar-refractivity contribution in [1.29, 1.82) is 5.41 Å². The number of methoxy groups -OCH3 is 1. The number of hydrogen-bond donors (Lipinski definition) is 5. The van der Waals surface area contributed by atoms with Crippen LogP contribution in [-0.2, 0) is 19.7 Å². The molecule has 0 spiro atoms. The highest BCUT2D eigenvalue weighted by Gasteiger charge is 2.49. The van der Waals surface area contributed by atoms with Crippen molar-refractivity contribution in [1.82, 2.24) is 15.5 Å². The Morgan fingerprint density at radius 3 is 2.57 bits per heavy atom. The molecule has 44 heavy (non-hydrogen) atoms. The van der Waals surface area contributed by atoms with E-state index in [-0.39, 0.29) is 24.3 Å². The number of nitrogens with zero attached hydrogens (tertiary/aromatic N) is 1. The number of thiophene rings is 1. The minimum absolute atomic E-state index is 0.152. The Hall–Kier alpha value is -4.13. The van der Waals surface area contributed by atoms with E-state index in [0.717, 1.165) is 21.6 Å². The summed E-state index contributed by atoms with van der Waals surface area (Å²) in [6.07, 6.45) is -0.312. The van der Waals surface area contributed by atoms with Gasteiger partial charge in [-0.3, -0.25) is 19.8 Å². The van der Waals surface area contributed by atoms with Gasteiger partial charge in [-0.05, 0) is 40.5 Å². The van der Waals surface area contributed by atoms with Crippen LogP contribution in [0.25, 0.3) is 11.1 Å². The minimum atomic E-state index is -1.98. The molecule has 6 N–H and O–H groups in total. The van der Waals surface area contributed by atoms with E-state index < -0.39 is 55.2 Å². The number of rotatable bonds is 10. The van der Waals surface area contributed by atoms with Crippen molar-refractivity contribution in [3.8, 4) is 11.1 Å². The number of aliphatic hydroxyl groups excluding tert-OH is 1. The zero-order chi connectivity index (χ0) is 31.8. The van der Waals surface area contributed by atoms with E-state index in [0.29, 0.717) is 16.0 Å². The van der Waals surface area contributed by atoms with Crippen LogP contribution in [0.4, 0.5) is 4.39 Å². The van der Waals surface area contributed by atoms with Gasteiger partial charge in [0.1, 0.15) is 11.9 Å². The fourth-order valence-corrected chi connectivity index (χ4v) is 7.12. The van der Waals surface area contributed by atoms with Crippen molar-refractivity contribution in [2.45, 2.75) is 43.4 Å². The number of carbonyl (C=O) groups excluding carboxylic acids is 3. The first-order valence-electron chi connectivity index (χ1n) is 14.2. The molecule has 5 rings (SSSR count). The summed E-state index contributed by atoms with van der Waals surface area (Å²) in [4.78, 5) is 41.6. The summed E-state index contributed by atoms with van der Waals surface area (Å²) in [5.41, 5.74) is 8.48. The van der Waals surface area contributed by atoms with Gasteiger partial charge in [-0.1, -0.05) is 44.2 Å². The smallest absolute Gasteiger partial charge is 0.251 e. The van der Waals surface area contributed by atoms with Crippen molar-refractivity contribution in [2.24, 2.45) is 5.73 Å². The van der Waals surface area contributed by atoms with Crippen LogP contribution < -0.4 is 16.4 Å². The summed E-state index contributed by atoms with van der Waals surface area (Å²) in [5, 5.41) is 24.5. The molecule has 2 aromatic carbocycles. The number of carbonyl (C=O) groups is 3. The number of amides is 3. The second-order valence-electron chi connectivity index (χ2n) is 11.8. The molecule has 1 aliphatic carbocycles. The fourth-order valence-electron chi connectivity index (χ4n) is 6.17. The molecule has 2 aliphatic rings. The summed E-state index contributed by atoms with van der Waals surface area (Å²) in [6, 6.07) is 13.1. The van der Waals surface area contributed by atoms with Crippen LogP contribution in [0, 0.1) is 5.41 Å². The van der Waals surface area contributed by atoms with Gasteiger partial charge in [0.2, 0.25) is 11.8 Å². The number of nitrogen functional groups attached to an aromatic ring is 1. The monoisotopic (exact) mass is 621 g/mol. The number of aliphatic hydroxyl groups is 1. The Balaban J connectivity index is 1.29. The molecule has 0 radical (unpaired) electrons. The highest BCUT2D eigenvalue weighted by molar-refractivity contribution is 7.10. The van der Waals surface area contributed by atoms with E-state index in [4.69, 9.17) is 15.9 Å². The lowest BCUT2D eigenvalue weighted by Crippen LogP contribution is -2.50. The highest BCUT2D eigenvalue weighted by Crippen LogP contribution is 2.48. The summed E-state index contributed by atoms with van der Waals surface area (Å²) in [6.45, 7) is 2.66. The van der Waals surface area contributed by atoms with E-state index >= 15 is 4.39 Å². The van der Waals surface area contributed by atoms with Gasteiger partial charge in [-0.15, -0.1) is 11.3 Å². The van der Waals surface area contributed by atoms with Gasteiger partial charge in [0, 0.05) is 40.3 Å². The van der Waals surface area contributed by atoms with Gasteiger partial charge in [0.05, 0.1) is 32.3 Å². The molecule has 232 valence electrons. The molecule has 0 saturated carbocycles. The first-order chi connectivity index (χ1) is 20.9. The van der Waals surface area contributed by atoms with Crippen LogP contribution in [-0.4, -0.2) is 78.7 Å². The Morgan fingerprint density at radius 2 is 1.89 bits per heavy atom. The summed E-state index contributed by atoms with van der Waals surface area (Å²) < 4.78 is 20.7. The summed E-state index contributed by atoms with van der Waals surface area (Å²) in [7, 11) is 1.34. The number of halogens is 1. The summed E-state index contributed by atoms with van der Waals surface area (Å²) in [5.74, 6) is -1.90. The van der Waals surface area contributed by atoms with E-state index in [1.807, 2.05) is 30.3 Å². The van der Waals surface area contributed by atoms with Gasteiger partial charge in [-0.25, -0.2) is 4.39 Å². The lowest BCUT2D eigenvalue weighted by Gasteiger charge is -2.25. The van der Waals surface area contributed by atoms with Gasteiger partial charge in [0.25, 0.3) is 5.91 Å². The van der Waals surface area contributed by atoms with Gasteiger partial charge >= 0.3 is 0 Å². The van der Waals surface area contributed by atoms with Gasteiger partial charge in [-0.2, -0.15) is 0 Å². The third-order valence-electron chi connectivity index (χ3n) is 8.43. The number of nitrogens with two attached hydrogens (primary N) is 1. The third kappa shape index (κ3) is 5.84. The first kappa shape index (κ1) is 31.3. The van der Waals surface area contributed by atoms with Crippen LogP contribution in [0.1, 0.15) is 58.2 Å². The van der Waals surface area contributed by atoms with E-state index in [9.17, 15) is 19.5 Å². The molecule has 3 aromatic rings. The zero-order valence-corrected chi connectivity index (χ0v) is 25.6. The topological polar surface area (TPSA) is 158 Å². The van der Waals surface area contributed by atoms with Crippen molar-refractivity contribution >= 4 is 34.9 Å². The maximum Gasteiger partial charge on any atom is 0.251 e. The quantitative estimate of drug-likeness (QED) is 0.173. The van der Waals surface area contributed by atoms with E-state index in [2.05, 4.69) is 30.5 Å². The molecule has 1 aliphatic heterocycles. The number of nitrogens with one attached hydrogen (secondary N) is 3. The second-order valence-corrected chi connectivity index (χ2v) is 12.8. The maximum atomic E-state index is 15.7. The molecule has 12 heteroatoms. The molecule has 3 atom stereocenters. The predicted molar refractivity (Wildman–Crippen MR) is 165 cm³/mol. The molecule has 1 fully saturated rings. The van der Waals surface area contributed by atoms with Crippen LogP contribution >= 0.6 is 11.3 Å². The molecule has 0 unspecified atom stereocenters. The number of likely N-dealkylation sites (tertiary alicyclic amines) is 1. The lowest BCUT2D eigenvalue weighted by molar-refractivity contribution is -0.138. The number of amidine groups is 1. The molecule has 0 bridgehead atoms. The fraction of sp³-hybridized carbons (Fsp3) is 0.375. The number of ether oxygens (including phenoxy) is 1. The summed E-state index contributed by atoms with van der Waals surface area (Å²) >= 11 is 1.21. The molecular weight excluding hydrogens is 585 g/mol. The average molecular weight is 622 g/mol. The Kier molecular flexibility index (Phi) is 8.61. The van der Waals surface area contributed by atoms with E-state index in [1.54, 1.807) is 17.5 Å². The van der Waals surface area contributed by atoms with Crippen LogP contribution in [0.2, 0.25) is 0 Å². The van der Waals surface area contributed by atoms with Crippen molar-refractivity contribution in [3.05, 3.63) is 81.0 Å². The molecule has 10 nitrogen and oxygen atoms in total. The molecule has 1 aromatic heterocycles. The third-order valence-corrected chi connectivity index (χ3v) is 9.48. The SMILES string of the molecule is COC[C@@]1(F)C[C@@H](C(=O)N[C@H](CO)c2cc(C(=N)N)cs2)N(C(=O)CNC(=O)c2ccc3c(c2)-c2ccccc2C3(C)C)C1. The van der Waals surface area contributed by atoms with Gasteiger partial charge < -0.3 is 31.1 Å². The van der Waals surface area contributed by atoms with E-state index in [1.165, 1.54) is 24.0 Å². The van der Waals surface area contributed by atoms with Crippen LogP contribution in [0.3, 0.4) is 0 Å². The Labute approximate surface area is 258 Å². The largest absolute Gasteiger partial charge is 0.394 e. The lowest BCUT2D eigenvalue weighted by atomic mass is 9.82. The van der Waals surface area contributed by atoms with Gasteiger partial charge in [0.15, 0.2) is 5.67 Å². The first-order valence-corrected chi connectivity index (χ1v) is 15.1. The Bertz CT molecular complexity index is 1620. The van der Waals surface area contributed by atoms with Crippen LogP contribution in [0.15, 0.2) is 53.9 Å². The molecule has 3 amide bonds. The second kappa shape index (κ2) is 12.1. The predicted octanol–water partition coefficient (Wildman–Crippen LogP) is 2.87. The number of alkyl halides is 1. The van der Waals surface area contributed by atoms with Crippen LogP contribution in [0.5, 0.6) is 0 Å². The highest BCUT2D eigenvalue weighted by atomic mass is 32.1. The van der Waals surface area contributed by atoms with Crippen molar-refractivity contribution in [2.75, 3.05) is 33.4 Å². The van der Waals surface area contributed by atoms with Crippen molar-refractivity contribution in [3.63, 3.8) is 0 Å². The number of benzene rings is 2. The minimum Gasteiger partial charge on any atom is -0.394 e. The maximum absolute atomic E-state index is 15.7. The average Bonchev–Trinajstić information content (AvgIpc) is 3.69. The Morgan fingerprint density at radius 1 is 1.16 bits per heavy atom. The molecular formula is C32H36FN5O5S. The number of hydrogen-bond acceptors (Lipinski definition) is 7. The zero-order valence-electron chi connectivity index (χ0n) is 24.8. The normalized spacial score (nSPS) is 20.5. The molecule has 1 saturated heterocycles.